The zero-order valence-corrected chi connectivity index (χ0v) is 14.8. The summed E-state index contributed by atoms with van der Waals surface area (Å²) in [4.78, 5) is 11.4. The van der Waals surface area contributed by atoms with Crippen molar-refractivity contribution in [2.75, 3.05) is 10.2 Å². The van der Waals surface area contributed by atoms with Crippen LogP contribution in [0.4, 0.5) is 11.8 Å². The Morgan fingerprint density at radius 2 is 1.52 bits per heavy atom. The summed E-state index contributed by atoms with van der Waals surface area (Å²) in [6.45, 7) is 5.87. The fourth-order valence-corrected chi connectivity index (χ4v) is 2.64. The van der Waals surface area contributed by atoms with Crippen molar-refractivity contribution in [2.45, 2.75) is 33.0 Å². The quantitative estimate of drug-likeness (QED) is 0.691. The second kappa shape index (κ2) is 8.29. The Morgan fingerprint density at radius 1 is 0.880 bits per heavy atom. The third-order valence-electron chi connectivity index (χ3n) is 4.04. The van der Waals surface area contributed by atoms with Gasteiger partial charge in [0.25, 0.3) is 0 Å². The number of hydrogen-bond acceptors (Lipinski definition) is 4. The number of nitrogens with one attached hydrogen (secondary N) is 1. The van der Waals surface area contributed by atoms with Gasteiger partial charge in [-0.2, -0.15) is 4.98 Å². The molecule has 3 rings (SSSR count). The highest BCUT2D eigenvalue weighted by atomic mass is 15.3. The van der Waals surface area contributed by atoms with Crippen LogP contribution in [0, 0.1) is 0 Å². The summed E-state index contributed by atoms with van der Waals surface area (Å²) in [5.41, 5.74) is 2.48. The zero-order chi connectivity index (χ0) is 17.5. The van der Waals surface area contributed by atoms with Crippen molar-refractivity contribution in [1.29, 1.82) is 0 Å². The third-order valence-corrected chi connectivity index (χ3v) is 4.04. The molecule has 0 aliphatic rings. The van der Waals surface area contributed by atoms with E-state index in [4.69, 9.17) is 4.98 Å². The fraction of sp³-hybridized carbons (Fsp3) is 0.238. The Hall–Kier alpha value is -2.88. The SMILES string of the molecule is CC(C)N(Cc1ccccc1)c1nccc(NCc2ccccc2)n1. The molecule has 128 valence electrons. The second-order valence-corrected chi connectivity index (χ2v) is 6.29. The van der Waals surface area contributed by atoms with Crippen molar-refractivity contribution >= 4 is 11.8 Å². The van der Waals surface area contributed by atoms with Crippen LogP contribution in [0.15, 0.2) is 72.9 Å². The van der Waals surface area contributed by atoms with Crippen LogP contribution in [0.3, 0.4) is 0 Å². The maximum Gasteiger partial charge on any atom is 0.227 e. The van der Waals surface area contributed by atoms with Gasteiger partial charge >= 0.3 is 0 Å². The summed E-state index contributed by atoms with van der Waals surface area (Å²) in [5, 5.41) is 3.38. The molecule has 4 heteroatoms. The van der Waals surface area contributed by atoms with Gasteiger partial charge in [-0.05, 0) is 31.0 Å². The van der Waals surface area contributed by atoms with E-state index in [-0.39, 0.29) is 0 Å². The van der Waals surface area contributed by atoms with E-state index >= 15 is 0 Å². The minimum Gasteiger partial charge on any atom is -0.366 e. The van der Waals surface area contributed by atoms with Gasteiger partial charge in [0.15, 0.2) is 0 Å². The van der Waals surface area contributed by atoms with Crippen LogP contribution in [-0.2, 0) is 13.1 Å². The Bertz CT molecular complexity index is 772. The minimum atomic E-state index is 0.310. The summed E-state index contributed by atoms with van der Waals surface area (Å²) < 4.78 is 0. The Balaban J connectivity index is 1.73. The van der Waals surface area contributed by atoms with E-state index in [2.05, 4.69) is 65.4 Å². The maximum absolute atomic E-state index is 4.71. The highest BCUT2D eigenvalue weighted by Crippen LogP contribution is 2.17. The van der Waals surface area contributed by atoms with Gasteiger partial charge in [0.05, 0.1) is 0 Å². The van der Waals surface area contributed by atoms with Crippen molar-refractivity contribution in [2.24, 2.45) is 0 Å². The number of benzene rings is 2. The normalized spacial score (nSPS) is 10.7. The molecule has 0 unspecified atom stereocenters. The molecule has 0 fully saturated rings. The van der Waals surface area contributed by atoms with Gasteiger partial charge in [-0.1, -0.05) is 60.7 Å². The molecule has 1 heterocycles. The molecule has 4 nitrogen and oxygen atoms in total. The number of aromatic nitrogens is 2. The predicted molar refractivity (Wildman–Crippen MR) is 104 cm³/mol. The van der Waals surface area contributed by atoms with E-state index in [0.29, 0.717) is 6.04 Å². The maximum atomic E-state index is 4.71. The molecule has 0 aliphatic carbocycles. The van der Waals surface area contributed by atoms with Crippen LogP contribution in [0.2, 0.25) is 0 Å². The van der Waals surface area contributed by atoms with Crippen LogP contribution < -0.4 is 10.2 Å². The average molecular weight is 332 g/mol. The van der Waals surface area contributed by atoms with Crippen LogP contribution in [0.25, 0.3) is 0 Å². The Morgan fingerprint density at radius 3 is 2.16 bits per heavy atom. The average Bonchev–Trinajstić information content (AvgIpc) is 2.66. The smallest absolute Gasteiger partial charge is 0.227 e. The van der Waals surface area contributed by atoms with Gasteiger partial charge in [-0.25, -0.2) is 4.98 Å². The first-order valence-electron chi connectivity index (χ1n) is 8.64. The van der Waals surface area contributed by atoms with Gasteiger partial charge in [0.2, 0.25) is 5.95 Å². The number of anilines is 2. The van der Waals surface area contributed by atoms with E-state index < -0.39 is 0 Å². The van der Waals surface area contributed by atoms with Crippen molar-refractivity contribution in [3.05, 3.63) is 84.1 Å². The minimum absolute atomic E-state index is 0.310. The zero-order valence-electron chi connectivity index (χ0n) is 14.8. The summed E-state index contributed by atoms with van der Waals surface area (Å²) in [6.07, 6.45) is 1.82. The van der Waals surface area contributed by atoms with Gasteiger partial charge in [0, 0.05) is 25.3 Å². The van der Waals surface area contributed by atoms with Crippen LogP contribution >= 0.6 is 0 Å². The summed E-state index contributed by atoms with van der Waals surface area (Å²) in [5.74, 6) is 1.59. The van der Waals surface area contributed by atoms with Gasteiger partial charge < -0.3 is 10.2 Å². The van der Waals surface area contributed by atoms with Crippen LogP contribution in [0.1, 0.15) is 25.0 Å². The highest BCUT2D eigenvalue weighted by Gasteiger charge is 2.14. The summed E-state index contributed by atoms with van der Waals surface area (Å²) in [7, 11) is 0. The van der Waals surface area contributed by atoms with Crippen molar-refractivity contribution in [1.82, 2.24) is 9.97 Å². The lowest BCUT2D eigenvalue weighted by Gasteiger charge is -2.27. The molecule has 0 radical (unpaired) electrons. The molecule has 25 heavy (non-hydrogen) atoms. The number of hydrogen-bond donors (Lipinski definition) is 1. The molecule has 1 N–H and O–H groups in total. The van der Waals surface area contributed by atoms with Gasteiger partial charge in [0.1, 0.15) is 5.82 Å². The monoisotopic (exact) mass is 332 g/mol. The van der Waals surface area contributed by atoms with E-state index in [9.17, 15) is 0 Å². The first kappa shape index (κ1) is 17.0. The Kier molecular flexibility index (Phi) is 5.62. The van der Waals surface area contributed by atoms with E-state index in [1.165, 1.54) is 11.1 Å². The van der Waals surface area contributed by atoms with E-state index in [1.54, 1.807) is 0 Å². The molecule has 1 aromatic heterocycles. The van der Waals surface area contributed by atoms with Crippen molar-refractivity contribution in [3.8, 4) is 0 Å². The summed E-state index contributed by atoms with van der Waals surface area (Å²) >= 11 is 0. The van der Waals surface area contributed by atoms with Crippen LogP contribution in [-0.4, -0.2) is 16.0 Å². The van der Waals surface area contributed by atoms with E-state index in [1.807, 2.05) is 36.5 Å². The largest absolute Gasteiger partial charge is 0.366 e. The van der Waals surface area contributed by atoms with Gasteiger partial charge in [-0.3, -0.25) is 0 Å². The van der Waals surface area contributed by atoms with Crippen molar-refractivity contribution in [3.63, 3.8) is 0 Å². The van der Waals surface area contributed by atoms with Crippen molar-refractivity contribution < 1.29 is 0 Å². The molecule has 0 saturated heterocycles. The number of rotatable bonds is 7. The first-order valence-corrected chi connectivity index (χ1v) is 8.64. The molecule has 0 amide bonds. The molecule has 0 bridgehead atoms. The topological polar surface area (TPSA) is 41.1 Å². The molecular weight excluding hydrogens is 308 g/mol. The molecule has 2 aromatic carbocycles. The second-order valence-electron chi connectivity index (χ2n) is 6.29. The number of nitrogens with zero attached hydrogens (tertiary/aromatic N) is 3. The molecule has 0 aliphatic heterocycles. The lowest BCUT2D eigenvalue weighted by atomic mass is 10.2. The summed E-state index contributed by atoms with van der Waals surface area (Å²) in [6, 6.07) is 23.0. The van der Waals surface area contributed by atoms with E-state index in [0.717, 1.165) is 24.9 Å². The Labute approximate surface area is 149 Å². The predicted octanol–water partition coefficient (Wildman–Crippen LogP) is 4.50. The lowest BCUT2D eigenvalue weighted by molar-refractivity contribution is 0.661. The van der Waals surface area contributed by atoms with Gasteiger partial charge in [-0.15, -0.1) is 0 Å². The molecule has 3 aromatic rings. The molecule has 0 spiro atoms. The highest BCUT2D eigenvalue weighted by molar-refractivity contribution is 5.43. The van der Waals surface area contributed by atoms with Crippen LogP contribution in [0.5, 0.6) is 0 Å². The lowest BCUT2D eigenvalue weighted by Crippen LogP contribution is -2.31. The third kappa shape index (κ3) is 4.80. The standard InChI is InChI=1S/C21H24N4/c1-17(2)25(16-19-11-7-4-8-12-19)21-22-14-13-20(24-21)23-15-18-9-5-3-6-10-18/h3-14,17H,15-16H2,1-2H3,(H,22,23,24). The molecule has 0 atom stereocenters. The molecule has 0 saturated carbocycles. The first-order chi connectivity index (χ1) is 12.2. The molecular formula is C21H24N4. The fourth-order valence-electron chi connectivity index (χ4n) is 2.64.